The SMILES string of the molecule is CCCC(=O)N(Cc1ccc(Cl)cc1)[C@H](Cc1ccccc1)C(=O)NCCc1ccc(OC)cc1. The number of carbonyl (C=O) groups is 2. The first-order valence-corrected chi connectivity index (χ1v) is 12.4. The molecule has 0 fully saturated rings. The molecular formula is C29H33ClN2O3. The Morgan fingerprint density at radius 1 is 0.914 bits per heavy atom. The molecule has 0 aliphatic carbocycles. The van der Waals surface area contributed by atoms with Crippen molar-refractivity contribution in [1.29, 1.82) is 0 Å². The number of nitrogens with one attached hydrogen (secondary N) is 1. The number of benzene rings is 3. The van der Waals surface area contributed by atoms with Gasteiger partial charge in [0.1, 0.15) is 11.8 Å². The quantitative estimate of drug-likeness (QED) is 0.366. The van der Waals surface area contributed by atoms with Crippen LogP contribution >= 0.6 is 11.6 Å². The summed E-state index contributed by atoms with van der Waals surface area (Å²) in [7, 11) is 1.64. The third kappa shape index (κ3) is 8.15. The van der Waals surface area contributed by atoms with Gasteiger partial charge in [0.25, 0.3) is 0 Å². The maximum Gasteiger partial charge on any atom is 0.243 e. The van der Waals surface area contributed by atoms with Gasteiger partial charge in [-0.2, -0.15) is 0 Å². The highest BCUT2D eigenvalue weighted by Gasteiger charge is 2.29. The van der Waals surface area contributed by atoms with Crippen LogP contribution in [0.15, 0.2) is 78.9 Å². The molecule has 0 aromatic heterocycles. The number of hydrogen-bond donors (Lipinski definition) is 1. The predicted molar refractivity (Wildman–Crippen MR) is 141 cm³/mol. The van der Waals surface area contributed by atoms with E-state index >= 15 is 0 Å². The second-order valence-corrected chi connectivity index (χ2v) is 8.93. The summed E-state index contributed by atoms with van der Waals surface area (Å²) >= 11 is 6.05. The third-order valence-electron chi connectivity index (χ3n) is 5.87. The number of hydrogen-bond acceptors (Lipinski definition) is 3. The van der Waals surface area contributed by atoms with Crippen molar-refractivity contribution in [2.24, 2.45) is 0 Å². The van der Waals surface area contributed by atoms with Gasteiger partial charge < -0.3 is 15.0 Å². The van der Waals surface area contributed by atoms with Gasteiger partial charge in [0.05, 0.1) is 7.11 Å². The normalized spacial score (nSPS) is 11.5. The second-order valence-electron chi connectivity index (χ2n) is 8.49. The van der Waals surface area contributed by atoms with Crippen molar-refractivity contribution in [2.75, 3.05) is 13.7 Å². The molecule has 184 valence electrons. The molecule has 6 heteroatoms. The van der Waals surface area contributed by atoms with Crippen LogP contribution in [0, 0.1) is 0 Å². The minimum atomic E-state index is -0.622. The van der Waals surface area contributed by atoms with Crippen LogP contribution in [0.3, 0.4) is 0 Å². The smallest absolute Gasteiger partial charge is 0.243 e. The van der Waals surface area contributed by atoms with Crippen LogP contribution in [0.25, 0.3) is 0 Å². The summed E-state index contributed by atoms with van der Waals surface area (Å²) in [6.07, 6.45) is 2.23. The summed E-state index contributed by atoms with van der Waals surface area (Å²) in [5.74, 6) is 0.613. The van der Waals surface area contributed by atoms with Crippen LogP contribution < -0.4 is 10.1 Å². The van der Waals surface area contributed by atoms with Crippen LogP contribution in [-0.4, -0.2) is 36.4 Å². The lowest BCUT2D eigenvalue weighted by Crippen LogP contribution is -2.50. The summed E-state index contributed by atoms with van der Waals surface area (Å²) < 4.78 is 5.21. The zero-order valence-corrected chi connectivity index (χ0v) is 21.1. The van der Waals surface area contributed by atoms with Crippen molar-refractivity contribution in [3.8, 4) is 5.75 Å². The Hall–Kier alpha value is -3.31. The van der Waals surface area contributed by atoms with Crippen molar-refractivity contribution in [3.63, 3.8) is 0 Å². The average Bonchev–Trinajstić information content (AvgIpc) is 2.88. The molecule has 5 nitrogen and oxygen atoms in total. The van der Waals surface area contributed by atoms with Crippen LogP contribution in [0.1, 0.15) is 36.5 Å². The molecule has 0 saturated carbocycles. The standard InChI is InChI=1S/C29H33ClN2O3/c1-3-7-28(33)32(21-24-10-14-25(30)15-11-24)27(20-23-8-5-4-6-9-23)29(34)31-19-18-22-12-16-26(35-2)17-13-22/h4-6,8-17,27H,3,7,18-21H2,1-2H3,(H,31,34)/t27-/m1/s1. The minimum Gasteiger partial charge on any atom is -0.497 e. The lowest BCUT2D eigenvalue weighted by molar-refractivity contribution is -0.141. The van der Waals surface area contributed by atoms with E-state index in [1.165, 1.54) is 0 Å². The second kappa shape index (κ2) is 13.5. The fourth-order valence-corrected chi connectivity index (χ4v) is 4.06. The van der Waals surface area contributed by atoms with E-state index in [9.17, 15) is 9.59 Å². The molecule has 35 heavy (non-hydrogen) atoms. The zero-order chi connectivity index (χ0) is 25.0. The largest absolute Gasteiger partial charge is 0.497 e. The summed E-state index contributed by atoms with van der Waals surface area (Å²) in [6.45, 7) is 2.80. The molecule has 0 aliphatic heterocycles. The number of rotatable bonds is 12. The van der Waals surface area contributed by atoms with Crippen molar-refractivity contribution < 1.29 is 14.3 Å². The molecule has 1 atom stereocenters. The Morgan fingerprint density at radius 2 is 1.57 bits per heavy atom. The number of carbonyl (C=O) groups excluding carboxylic acids is 2. The molecule has 0 spiro atoms. The Labute approximate surface area is 213 Å². The Morgan fingerprint density at radius 3 is 2.20 bits per heavy atom. The van der Waals surface area contributed by atoms with Crippen molar-refractivity contribution >= 4 is 23.4 Å². The monoisotopic (exact) mass is 492 g/mol. The van der Waals surface area contributed by atoms with E-state index in [-0.39, 0.29) is 11.8 Å². The molecule has 0 saturated heterocycles. The maximum atomic E-state index is 13.5. The van der Waals surface area contributed by atoms with Crippen molar-refractivity contribution in [1.82, 2.24) is 10.2 Å². The van der Waals surface area contributed by atoms with E-state index in [1.54, 1.807) is 24.1 Å². The highest BCUT2D eigenvalue weighted by atomic mass is 35.5. The molecule has 0 heterocycles. The number of halogens is 1. The van der Waals surface area contributed by atoms with E-state index in [4.69, 9.17) is 16.3 Å². The zero-order valence-electron chi connectivity index (χ0n) is 20.4. The van der Waals surface area contributed by atoms with Gasteiger partial charge in [0, 0.05) is 31.0 Å². The molecule has 0 aliphatic rings. The van der Waals surface area contributed by atoms with E-state index in [1.807, 2.05) is 73.7 Å². The van der Waals surface area contributed by atoms with E-state index in [2.05, 4.69) is 5.32 Å². The van der Waals surface area contributed by atoms with Crippen molar-refractivity contribution in [2.45, 2.75) is 45.2 Å². The first-order chi connectivity index (χ1) is 17.0. The number of methoxy groups -OCH3 is 1. The molecule has 2 amide bonds. The van der Waals surface area contributed by atoms with Gasteiger partial charge in [-0.15, -0.1) is 0 Å². The number of ether oxygens (including phenoxy) is 1. The summed E-state index contributed by atoms with van der Waals surface area (Å²) in [6, 6.07) is 24.4. The molecule has 1 N–H and O–H groups in total. The van der Waals surface area contributed by atoms with Gasteiger partial charge >= 0.3 is 0 Å². The molecule has 0 bridgehead atoms. The minimum absolute atomic E-state index is 0.0336. The molecule has 3 rings (SSSR count). The van der Waals surface area contributed by atoms with Gasteiger partial charge in [0.15, 0.2) is 0 Å². The fraction of sp³-hybridized carbons (Fsp3) is 0.310. The van der Waals surface area contributed by atoms with Gasteiger partial charge in [-0.05, 0) is 53.8 Å². The Kier molecular flexibility index (Phi) is 10.2. The molecular weight excluding hydrogens is 460 g/mol. The molecule has 0 radical (unpaired) electrons. The lowest BCUT2D eigenvalue weighted by atomic mass is 10.0. The summed E-state index contributed by atoms with van der Waals surface area (Å²) in [4.78, 5) is 28.4. The van der Waals surface area contributed by atoms with Gasteiger partial charge in [-0.1, -0.05) is 73.1 Å². The molecule has 0 unspecified atom stereocenters. The Balaban J connectivity index is 1.79. The highest BCUT2D eigenvalue weighted by Crippen LogP contribution is 2.18. The number of nitrogens with zero attached hydrogens (tertiary/aromatic N) is 1. The summed E-state index contributed by atoms with van der Waals surface area (Å²) in [5.41, 5.74) is 3.04. The van der Waals surface area contributed by atoms with Gasteiger partial charge in [-0.25, -0.2) is 0 Å². The van der Waals surface area contributed by atoms with Crippen LogP contribution in [0.2, 0.25) is 5.02 Å². The Bertz CT molecular complexity index is 1070. The molecule has 3 aromatic rings. The van der Waals surface area contributed by atoms with Crippen molar-refractivity contribution in [3.05, 3.63) is 101 Å². The van der Waals surface area contributed by atoms with Crippen LogP contribution in [0.4, 0.5) is 0 Å². The van der Waals surface area contributed by atoms with Crippen LogP contribution in [-0.2, 0) is 29.0 Å². The first-order valence-electron chi connectivity index (χ1n) is 12.0. The first kappa shape index (κ1) is 26.3. The van der Waals surface area contributed by atoms with E-state index in [0.29, 0.717) is 43.8 Å². The van der Waals surface area contributed by atoms with Gasteiger partial charge in [0.2, 0.25) is 11.8 Å². The van der Waals surface area contributed by atoms with Crippen LogP contribution in [0.5, 0.6) is 5.75 Å². The lowest BCUT2D eigenvalue weighted by Gasteiger charge is -2.31. The average molecular weight is 493 g/mol. The topological polar surface area (TPSA) is 58.6 Å². The maximum absolute atomic E-state index is 13.5. The van der Waals surface area contributed by atoms with E-state index < -0.39 is 6.04 Å². The summed E-state index contributed by atoms with van der Waals surface area (Å²) in [5, 5.41) is 3.70. The third-order valence-corrected chi connectivity index (χ3v) is 6.13. The molecule has 3 aromatic carbocycles. The highest BCUT2D eigenvalue weighted by molar-refractivity contribution is 6.30. The van der Waals surface area contributed by atoms with Gasteiger partial charge in [-0.3, -0.25) is 9.59 Å². The number of amides is 2. The fourth-order valence-electron chi connectivity index (χ4n) is 3.94. The predicted octanol–water partition coefficient (Wildman–Crippen LogP) is 5.45. The van der Waals surface area contributed by atoms with E-state index in [0.717, 1.165) is 22.4 Å².